The zero-order valence-corrected chi connectivity index (χ0v) is 18.7. The average molecular weight is 438 g/mol. The third-order valence-corrected chi connectivity index (χ3v) is 5.02. The van der Waals surface area contributed by atoms with E-state index in [1.807, 2.05) is 13.0 Å². The van der Waals surface area contributed by atoms with Crippen molar-refractivity contribution >= 4 is 17.5 Å². The van der Waals surface area contributed by atoms with Gasteiger partial charge < -0.3 is 28.8 Å². The predicted molar refractivity (Wildman–Crippen MR) is 120 cm³/mol. The summed E-state index contributed by atoms with van der Waals surface area (Å²) in [5.41, 5.74) is 2.56. The molecule has 8 heteroatoms. The number of hydrogen-bond donors (Lipinski definition) is 1. The predicted octanol–water partition coefficient (Wildman–Crippen LogP) is 4.14. The smallest absolute Gasteiger partial charge is 0.291 e. The van der Waals surface area contributed by atoms with Crippen LogP contribution in [0.1, 0.15) is 32.0 Å². The number of ether oxygens (including phenoxy) is 3. The van der Waals surface area contributed by atoms with Gasteiger partial charge in [0, 0.05) is 30.4 Å². The van der Waals surface area contributed by atoms with Crippen molar-refractivity contribution in [1.29, 1.82) is 0 Å². The van der Waals surface area contributed by atoms with Crippen molar-refractivity contribution in [3.8, 4) is 17.2 Å². The second-order valence-electron chi connectivity index (χ2n) is 7.12. The van der Waals surface area contributed by atoms with Crippen LogP contribution in [0.4, 0.5) is 5.69 Å². The maximum atomic E-state index is 13.1. The molecule has 32 heavy (non-hydrogen) atoms. The Kier molecular flexibility index (Phi) is 7.04. The number of carbonyl (C=O) groups is 2. The van der Waals surface area contributed by atoms with Gasteiger partial charge in [0.1, 0.15) is 0 Å². The first-order valence-corrected chi connectivity index (χ1v) is 9.88. The van der Waals surface area contributed by atoms with Gasteiger partial charge in [0.15, 0.2) is 17.3 Å². The largest absolute Gasteiger partial charge is 0.493 e. The van der Waals surface area contributed by atoms with E-state index in [0.29, 0.717) is 28.5 Å². The summed E-state index contributed by atoms with van der Waals surface area (Å²) < 4.78 is 21.4. The number of amides is 2. The molecular weight excluding hydrogens is 412 g/mol. The molecule has 3 aromatic rings. The van der Waals surface area contributed by atoms with Gasteiger partial charge in [0.2, 0.25) is 5.75 Å². The molecule has 168 valence electrons. The molecule has 2 amide bonds. The van der Waals surface area contributed by atoms with Crippen LogP contribution in [0.2, 0.25) is 0 Å². The molecule has 0 aliphatic rings. The van der Waals surface area contributed by atoms with Crippen LogP contribution < -0.4 is 19.5 Å². The van der Waals surface area contributed by atoms with Gasteiger partial charge in [0.25, 0.3) is 11.8 Å². The average Bonchev–Trinajstić information content (AvgIpc) is 3.34. The summed E-state index contributed by atoms with van der Waals surface area (Å²) in [5.74, 6) is 1.10. The summed E-state index contributed by atoms with van der Waals surface area (Å²) in [6.07, 6.45) is 1.43. The van der Waals surface area contributed by atoms with Crippen LogP contribution in [0, 0.1) is 6.92 Å². The van der Waals surface area contributed by atoms with E-state index < -0.39 is 0 Å². The molecule has 0 bridgehead atoms. The highest BCUT2D eigenvalue weighted by atomic mass is 16.5. The number of methoxy groups -OCH3 is 3. The minimum absolute atomic E-state index is 0.193. The zero-order valence-electron chi connectivity index (χ0n) is 18.7. The van der Waals surface area contributed by atoms with E-state index in [4.69, 9.17) is 18.6 Å². The van der Waals surface area contributed by atoms with Gasteiger partial charge in [-0.15, -0.1) is 0 Å². The van der Waals surface area contributed by atoms with Crippen LogP contribution in [0.5, 0.6) is 17.2 Å². The fourth-order valence-electron chi connectivity index (χ4n) is 3.32. The highest BCUT2D eigenvalue weighted by Gasteiger charge is 2.20. The number of furan rings is 1. The number of nitrogens with one attached hydrogen (secondary N) is 1. The van der Waals surface area contributed by atoms with E-state index in [1.165, 1.54) is 20.5 Å². The SMILES string of the molecule is COc1ccc(CN(C)C(=O)c2ccc(C)c(NC(=O)c3ccco3)c2)c(OC)c1OC. The van der Waals surface area contributed by atoms with Gasteiger partial charge >= 0.3 is 0 Å². The molecule has 0 atom stereocenters. The molecule has 2 aromatic carbocycles. The maximum absolute atomic E-state index is 13.1. The molecule has 0 fully saturated rings. The number of anilines is 1. The van der Waals surface area contributed by atoms with Gasteiger partial charge in [-0.1, -0.05) is 6.07 Å². The van der Waals surface area contributed by atoms with E-state index in [2.05, 4.69) is 5.32 Å². The molecular formula is C24H26N2O6. The van der Waals surface area contributed by atoms with Crippen molar-refractivity contribution in [2.75, 3.05) is 33.7 Å². The van der Waals surface area contributed by atoms with E-state index in [9.17, 15) is 9.59 Å². The number of hydrogen-bond acceptors (Lipinski definition) is 6. The molecule has 0 aliphatic heterocycles. The minimum Gasteiger partial charge on any atom is -0.493 e. The standard InChI is InChI=1S/C24H26N2O6/c1-15-8-9-16(13-18(15)25-23(27)20-7-6-12-32-20)24(28)26(2)14-17-10-11-19(29-3)22(31-5)21(17)30-4/h6-13H,14H2,1-5H3,(H,25,27). The summed E-state index contributed by atoms with van der Waals surface area (Å²) in [7, 11) is 6.31. The van der Waals surface area contributed by atoms with Crippen molar-refractivity contribution in [3.05, 3.63) is 71.2 Å². The molecule has 0 radical (unpaired) electrons. The Morgan fingerprint density at radius 1 is 1.00 bits per heavy atom. The maximum Gasteiger partial charge on any atom is 0.291 e. The highest BCUT2D eigenvalue weighted by molar-refractivity contribution is 6.03. The molecule has 1 heterocycles. The highest BCUT2D eigenvalue weighted by Crippen LogP contribution is 2.40. The first-order chi connectivity index (χ1) is 15.4. The van der Waals surface area contributed by atoms with Crippen LogP contribution in [0.15, 0.2) is 53.1 Å². The number of aryl methyl sites for hydroxylation is 1. The Balaban J connectivity index is 1.81. The van der Waals surface area contributed by atoms with E-state index in [0.717, 1.165) is 11.1 Å². The summed E-state index contributed by atoms with van der Waals surface area (Å²) in [6.45, 7) is 2.13. The van der Waals surface area contributed by atoms with Crippen molar-refractivity contribution in [2.24, 2.45) is 0 Å². The Labute approximate surface area is 186 Å². The molecule has 0 saturated carbocycles. The van der Waals surface area contributed by atoms with Gasteiger partial charge in [0.05, 0.1) is 27.6 Å². The second kappa shape index (κ2) is 9.91. The molecule has 8 nitrogen and oxygen atoms in total. The molecule has 1 aromatic heterocycles. The van der Waals surface area contributed by atoms with Crippen molar-refractivity contribution in [3.63, 3.8) is 0 Å². The summed E-state index contributed by atoms with van der Waals surface area (Å²) >= 11 is 0. The first-order valence-electron chi connectivity index (χ1n) is 9.88. The third-order valence-electron chi connectivity index (χ3n) is 5.02. The van der Waals surface area contributed by atoms with Gasteiger partial charge in [-0.3, -0.25) is 9.59 Å². The monoisotopic (exact) mass is 438 g/mol. The van der Waals surface area contributed by atoms with Crippen molar-refractivity contribution < 1.29 is 28.2 Å². The fourth-order valence-corrected chi connectivity index (χ4v) is 3.32. The van der Waals surface area contributed by atoms with Crippen LogP contribution in [0.25, 0.3) is 0 Å². The molecule has 0 spiro atoms. The third kappa shape index (κ3) is 4.69. The first kappa shape index (κ1) is 22.7. The van der Waals surface area contributed by atoms with E-state index in [1.54, 1.807) is 55.5 Å². The van der Waals surface area contributed by atoms with E-state index in [-0.39, 0.29) is 24.1 Å². The second-order valence-corrected chi connectivity index (χ2v) is 7.12. The minimum atomic E-state index is -0.383. The van der Waals surface area contributed by atoms with Crippen LogP contribution in [-0.2, 0) is 6.54 Å². The Morgan fingerprint density at radius 2 is 1.75 bits per heavy atom. The van der Waals surface area contributed by atoms with Crippen LogP contribution in [-0.4, -0.2) is 45.1 Å². The van der Waals surface area contributed by atoms with E-state index >= 15 is 0 Å². The normalized spacial score (nSPS) is 10.4. The van der Waals surface area contributed by atoms with Crippen LogP contribution >= 0.6 is 0 Å². The zero-order chi connectivity index (χ0) is 23.3. The molecule has 0 unspecified atom stereocenters. The van der Waals surface area contributed by atoms with Crippen molar-refractivity contribution in [1.82, 2.24) is 4.90 Å². The van der Waals surface area contributed by atoms with Crippen molar-refractivity contribution in [2.45, 2.75) is 13.5 Å². The van der Waals surface area contributed by atoms with Gasteiger partial charge in [-0.2, -0.15) is 0 Å². The lowest BCUT2D eigenvalue weighted by Crippen LogP contribution is -2.26. The lowest BCUT2D eigenvalue weighted by molar-refractivity contribution is 0.0783. The lowest BCUT2D eigenvalue weighted by Gasteiger charge is -2.21. The molecule has 0 aliphatic carbocycles. The Morgan fingerprint density at radius 3 is 2.38 bits per heavy atom. The van der Waals surface area contributed by atoms with Gasteiger partial charge in [-0.05, 0) is 48.9 Å². The fraction of sp³-hybridized carbons (Fsp3) is 0.250. The Hall–Kier alpha value is -3.94. The Bertz CT molecular complexity index is 1110. The lowest BCUT2D eigenvalue weighted by atomic mass is 10.1. The van der Waals surface area contributed by atoms with Gasteiger partial charge in [-0.25, -0.2) is 0 Å². The number of rotatable bonds is 8. The summed E-state index contributed by atoms with van der Waals surface area (Å²) in [4.78, 5) is 27.0. The number of benzene rings is 2. The molecule has 0 saturated heterocycles. The summed E-state index contributed by atoms with van der Waals surface area (Å²) in [6, 6.07) is 12.0. The topological polar surface area (TPSA) is 90.2 Å². The quantitative estimate of drug-likeness (QED) is 0.569. The molecule has 3 rings (SSSR count). The molecule has 1 N–H and O–H groups in total. The summed E-state index contributed by atoms with van der Waals surface area (Å²) in [5, 5.41) is 2.79. The van der Waals surface area contributed by atoms with Crippen LogP contribution in [0.3, 0.4) is 0 Å². The number of nitrogens with zero attached hydrogens (tertiary/aromatic N) is 1. The number of carbonyl (C=O) groups excluding carboxylic acids is 2.